The molecule has 0 bridgehead atoms. The first-order chi connectivity index (χ1) is 9.10. The van der Waals surface area contributed by atoms with E-state index in [0.29, 0.717) is 11.4 Å². The number of aromatic amines is 1. The van der Waals surface area contributed by atoms with Crippen LogP contribution in [0.5, 0.6) is 0 Å². The molecule has 6 heteroatoms. The fourth-order valence-corrected chi connectivity index (χ4v) is 1.78. The van der Waals surface area contributed by atoms with Crippen molar-refractivity contribution in [2.75, 3.05) is 5.73 Å². The van der Waals surface area contributed by atoms with Gasteiger partial charge in [0.15, 0.2) is 0 Å². The lowest BCUT2D eigenvalue weighted by Crippen LogP contribution is -2.26. The summed E-state index contributed by atoms with van der Waals surface area (Å²) < 4.78 is 0. The largest absolute Gasteiger partial charge is 0.384 e. The molecule has 0 saturated carbocycles. The Morgan fingerprint density at radius 1 is 1.53 bits per heavy atom. The number of nitrogen functional groups attached to an aromatic ring is 1. The maximum atomic E-state index is 12.1. The number of carbonyl (C=O) groups excluding carboxylic acids is 1. The minimum Gasteiger partial charge on any atom is -0.384 e. The molecule has 0 fully saturated rings. The Hall–Kier alpha value is -2.37. The van der Waals surface area contributed by atoms with E-state index in [1.165, 1.54) is 0 Å². The van der Waals surface area contributed by atoms with Crippen LogP contribution in [-0.2, 0) is 6.42 Å². The first kappa shape index (κ1) is 13.1. The lowest BCUT2D eigenvalue weighted by molar-refractivity contribution is 0.0939. The molecule has 100 valence electrons. The number of aromatic nitrogens is 3. The molecular weight excluding hydrogens is 242 g/mol. The smallest absolute Gasteiger partial charge is 0.251 e. The van der Waals surface area contributed by atoms with E-state index in [1.54, 1.807) is 24.5 Å². The summed E-state index contributed by atoms with van der Waals surface area (Å²) in [5.41, 5.74) is 7.95. The van der Waals surface area contributed by atoms with Gasteiger partial charge in [-0.2, -0.15) is 5.10 Å². The third-order valence-corrected chi connectivity index (χ3v) is 2.89. The number of nitrogens with two attached hydrogens (primary N) is 1. The zero-order chi connectivity index (χ0) is 13.8. The van der Waals surface area contributed by atoms with E-state index in [2.05, 4.69) is 20.5 Å². The molecule has 2 aromatic heterocycles. The fraction of sp³-hybridized carbons (Fsp3) is 0.308. The molecule has 6 nitrogen and oxygen atoms in total. The third kappa shape index (κ3) is 3.09. The van der Waals surface area contributed by atoms with Crippen LogP contribution in [-0.4, -0.2) is 21.1 Å². The Morgan fingerprint density at radius 3 is 2.95 bits per heavy atom. The summed E-state index contributed by atoms with van der Waals surface area (Å²) in [7, 11) is 0. The summed E-state index contributed by atoms with van der Waals surface area (Å²) in [5.74, 6) is 0.193. The van der Waals surface area contributed by atoms with Crippen LogP contribution in [0.2, 0.25) is 0 Å². The number of aryl methyl sites for hydroxylation is 1. The zero-order valence-corrected chi connectivity index (χ0v) is 11.0. The third-order valence-electron chi connectivity index (χ3n) is 2.89. The second-order valence-electron chi connectivity index (χ2n) is 4.35. The van der Waals surface area contributed by atoms with Gasteiger partial charge in [0.1, 0.15) is 5.82 Å². The molecule has 0 radical (unpaired) electrons. The molecule has 19 heavy (non-hydrogen) atoms. The monoisotopic (exact) mass is 259 g/mol. The Kier molecular flexibility index (Phi) is 3.79. The van der Waals surface area contributed by atoms with E-state index < -0.39 is 0 Å². The van der Waals surface area contributed by atoms with Crippen molar-refractivity contribution in [3.05, 3.63) is 41.3 Å². The maximum absolute atomic E-state index is 12.1. The van der Waals surface area contributed by atoms with Gasteiger partial charge in [0.05, 0.1) is 12.2 Å². The van der Waals surface area contributed by atoms with Crippen LogP contribution in [0.1, 0.15) is 41.5 Å². The number of H-pyrrole nitrogens is 1. The lowest BCUT2D eigenvalue weighted by atomic mass is 10.1. The van der Waals surface area contributed by atoms with E-state index in [4.69, 9.17) is 5.73 Å². The number of amides is 1. The quantitative estimate of drug-likeness (QED) is 0.774. The number of hydrogen-bond acceptors (Lipinski definition) is 4. The standard InChI is InChI=1S/C13H17N5O/c1-3-11-4-9(5-12(14)18-11)13(19)17-8(2)10-6-15-16-7-10/h4-8H,3H2,1-2H3,(H2,14,18)(H,15,16)(H,17,19). The number of rotatable bonds is 4. The SMILES string of the molecule is CCc1cc(C(=O)NC(C)c2cn[nH]c2)cc(N)n1. The Labute approximate surface area is 111 Å². The highest BCUT2D eigenvalue weighted by atomic mass is 16.1. The fourth-order valence-electron chi connectivity index (χ4n) is 1.78. The normalized spacial score (nSPS) is 12.1. The topological polar surface area (TPSA) is 96.7 Å². The van der Waals surface area contributed by atoms with E-state index in [1.807, 2.05) is 13.8 Å². The molecule has 0 aliphatic heterocycles. The van der Waals surface area contributed by atoms with Crippen LogP contribution in [0, 0.1) is 0 Å². The predicted molar refractivity (Wildman–Crippen MR) is 72.5 cm³/mol. The van der Waals surface area contributed by atoms with E-state index in [0.717, 1.165) is 17.7 Å². The summed E-state index contributed by atoms with van der Waals surface area (Å²) in [4.78, 5) is 16.3. The Morgan fingerprint density at radius 2 is 2.32 bits per heavy atom. The second-order valence-corrected chi connectivity index (χ2v) is 4.35. The van der Waals surface area contributed by atoms with E-state index >= 15 is 0 Å². The van der Waals surface area contributed by atoms with Crippen molar-refractivity contribution in [2.24, 2.45) is 0 Å². The number of anilines is 1. The van der Waals surface area contributed by atoms with Crippen molar-refractivity contribution in [3.63, 3.8) is 0 Å². The first-order valence-corrected chi connectivity index (χ1v) is 6.16. The summed E-state index contributed by atoms with van der Waals surface area (Å²) in [5, 5.41) is 9.47. The minimum atomic E-state index is -0.169. The van der Waals surface area contributed by atoms with Gasteiger partial charge in [0.2, 0.25) is 0 Å². The van der Waals surface area contributed by atoms with Crippen molar-refractivity contribution in [2.45, 2.75) is 26.3 Å². The highest BCUT2D eigenvalue weighted by Gasteiger charge is 2.13. The van der Waals surface area contributed by atoms with Crippen molar-refractivity contribution >= 4 is 11.7 Å². The summed E-state index contributed by atoms with van der Waals surface area (Å²) >= 11 is 0. The lowest BCUT2D eigenvalue weighted by Gasteiger charge is -2.12. The molecule has 4 N–H and O–H groups in total. The van der Waals surface area contributed by atoms with Crippen LogP contribution < -0.4 is 11.1 Å². The molecule has 0 aliphatic rings. The van der Waals surface area contributed by atoms with Crippen molar-refractivity contribution < 1.29 is 4.79 Å². The van der Waals surface area contributed by atoms with Gasteiger partial charge in [0, 0.05) is 23.0 Å². The molecule has 1 amide bonds. The molecule has 1 unspecified atom stereocenters. The predicted octanol–water partition coefficient (Wildman–Crippen LogP) is 1.44. The molecular formula is C13H17N5O. The molecule has 2 rings (SSSR count). The maximum Gasteiger partial charge on any atom is 0.251 e. The number of nitrogens with one attached hydrogen (secondary N) is 2. The average molecular weight is 259 g/mol. The minimum absolute atomic E-state index is 0.120. The van der Waals surface area contributed by atoms with Crippen LogP contribution in [0.3, 0.4) is 0 Å². The van der Waals surface area contributed by atoms with Crippen molar-refractivity contribution in [1.29, 1.82) is 0 Å². The summed E-state index contributed by atoms with van der Waals surface area (Å²) in [6, 6.07) is 3.22. The van der Waals surface area contributed by atoms with Gasteiger partial charge in [-0.05, 0) is 25.5 Å². The summed E-state index contributed by atoms with van der Waals surface area (Å²) in [6.07, 6.45) is 4.18. The van der Waals surface area contributed by atoms with E-state index in [-0.39, 0.29) is 11.9 Å². The average Bonchev–Trinajstić information content (AvgIpc) is 2.91. The summed E-state index contributed by atoms with van der Waals surface area (Å²) in [6.45, 7) is 3.87. The highest BCUT2D eigenvalue weighted by Crippen LogP contribution is 2.13. The van der Waals surface area contributed by atoms with Crippen LogP contribution in [0.4, 0.5) is 5.82 Å². The Bertz CT molecular complexity index is 564. The van der Waals surface area contributed by atoms with Crippen molar-refractivity contribution in [1.82, 2.24) is 20.5 Å². The van der Waals surface area contributed by atoms with Gasteiger partial charge >= 0.3 is 0 Å². The second kappa shape index (κ2) is 5.51. The molecule has 0 saturated heterocycles. The van der Waals surface area contributed by atoms with Crippen LogP contribution in [0.25, 0.3) is 0 Å². The number of pyridine rings is 1. The van der Waals surface area contributed by atoms with Crippen molar-refractivity contribution in [3.8, 4) is 0 Å². The van der Waals surface area contributed by atoms with Gasteiger partial charge in [0.25, 0.3) is 5.91 Å². The zero-order valence-electron chi connectivity index (χ0n) is 11.0. The van der Waals surface area contributed by atoms with Gasteiger partial charge in [-0.25, -0.2) is 4.98 Å². The van der Waals surface area contributed by atoms with Crippen LogP contribution in [0.15, 0.2) is 24.5 Å². The highest BCUT2D eigenvalue weighted by molar-refractivity contribution is 5.95. The molecule has 0 aromatic carbocycles. The molecule has 0 aliphatic carbocycles. The van der Waals surface area contributed by atoms with Gasteiger partial charge in [-0.3, -0.25) is 9.89 Å². The number of nitrogens with zero attached hydrogens (tertiary/aromatic N) is 2. The molecule has 2 heterocycles. The van der Waals surface area contributed by atoms with Crippen LogP contribution >= 0.6 is 0 Å². The molecule has 1 atom stereocenters. The Balaban J connectivity index is 2.13. The number of hydrogen-bond donors (Lipinski definition) is 3. The number of carbonyl (C=O) groups is 1. The molecule has 2 aromatic rings. The van der Waals surface area contributed by atoms with Gasteiger partial charge in [-0.1, -0.05) is 6.92 Å². The van der Waals surface area contributed by atoms with E-state index in [9.17, 15) is 4.79 Å². The molecule has 0 spiro atoms. The van der Waals surface area contributed by atoms with Gasteiger partial charge < -0.3 is 11.1 Å². The van der Waals surface area contributed by atoms with Gasteiger partial charge in [-0.15, -0.1) is 0 Å². The first-order valence-electron chi connectivity index (χ1n) is 6.16.